The molecule has 0 atom stereocenters. The number of anilines is 1. The predicted molar refractivity (Wildman–Crippen MR) is 103 cm³/mol. The smallest absolute Gasteiger partial charge is 0.365 e. The normalized spacial score (nSPS) is 12.2. The van der Waals surface area contributed by atoms with Crippen LogP contribution in [0.25, 0.3) is 5.69 Å². The molecule has 0 unspecified atom stereocenters. The van der Waals surface area contributed by atoms with Gasteiger partial charge in [0.2, 0.25) is 0 Å². The fourth-order valence-corrected chi connectivity index (χ4v) is 3.81. The number of rotatable bonds is 5. The fraction of sp³-hybridized carbons (Fsp3) is 0.263. The number of aromatic nitrogens is 3. The van der Waals surface area contributed by atoms with E-state index >= 15 is 0 Å². The van der Waals surface area contributed by atoms with E-state index in [0.717, 1.165) is 12.3 Å². The van der Waals surface area contributed by atoms with E-state index in [2.05, 4.69) is 15.4 Å². The molecule has 1 aromatic carbocycles. The Morgan fingerprint density at radius 3 is 2.45 bits per heavy atom. The molecule has 0 aliphatic heterocycles. The lowest BCUT2D eigenvalue weighted by Gasteiger charge is -2.16. The predicted octanol–water partition coefficient (Wildman–Crippen LogP) is 3.92. The van der Waals surface area contributed by atoms with Crippen LogP contribution in [-0.4, -0.2) is 29.4 Å². The van der Waals surface area contributed by atoms with E-state index in [1.165, 1.54) is 29.1 Å². The van der Waals surface area contributed by atoms with Gasteiger partial charge >= 0.3 is 6.18 Å². The molecule has 1 N–H and O–H groups in total. The summed E-state index contributed by atoms with van der Waals surface area (Å²) in [6, 6.07) is 8.50. The summed E-state index contributed by atoms with van der Waals surface area (Å²) in [4.78, 5) is 3.87. The highest BCUT2D eigenvalue weighted by Crippen LogP contribution is 2.34. The monoisotopic (exact) mass is 424 g/mol. The molecule has 0 amide bonds. The van der Waals surface area contributed by atoms with E-state index in [4.69, 9.17) is 0 Å². The number of nitrogens with one attached hydrogen (secondary N) is 1. The topological polar surface area (TPSA) is 76.9 Å². The van der Waals surface area contributed by atoms with Crippen LogP contribution in [0.2, 0.25) is 0 Å². The zero-order valence-electron chi connectivity index (χ0n) is 15.9. The SMILES string of the molecule is Cc1cc(C)n(-c2ccc(CNc3ncccc3S(C)(=O)=O)c(C(F)(F)F)c2)n1. The second-order valence-electron chi connectivity index (χ2n) is 6.65. The molecule has 29 heavy (non-hydrogen) atoms. The van der Waals surface area contributed by atoms with Gasteiger partial charge in [-0.25, -0.2) is 18.1 Å². The van der Waals surface area contributed by atoms with Crippen molar-refractivity contribution in [1.29, 1.82) is 0 Å². The molecule has 3 aromatic rings. The van der Waals surface area contributed by atoms with Gasteiger partial charge in [0, 0.05) is 24.7 Å². The Morgan fingerprint density at radius 2 is 1.86 bits per heavy atom. The van der Waals surface area contributed by atoms with E-state index < -0.39 is 21.6 Å². The highest BCUT2D eigenvalue weighted by molar-refractivity contribution is 7.90. The van der Waals surface area contributed by atoms with Crippen molar-refractivity contribution in [1.82, 2.24) is 14.8 Å². The molecule has 0 spiro atoms. The van der Waals surface area contributed by atoms with Crippen molar-refractivity contribution in [3.05, 3.63) is 65.1 Å². The summed E-state index contributed by atoms with van der Waals surface area (Å²) in [5, 5.41) is 6.93. The molecule has 154 valence electrons. The number of hydrogen-bond acceptors (Lipinski definition) is 5. The molecule has 0 saturated carbocycles. The largest absolute Gasteiger partial charge is 0.416 e. The van der Waals surface area contributed by atoms with Crippen molar-refractivity contribution in [2.45, 2.75) is 31.5 Å². The van der Waals surface area contributed by atoms with E-state index in [9.17, 15) is 21.6 Å². The molecule has 0 saturated heterocycles. The summed E-state index contributed by atoms with van der Waals surface area (Å²) in [5.74, 6) is 0.00532. The molecule has 0 aliphatic rings. The van der Waals surface area contributed by atoms with E-state index in [1.807, 2.05) is 0 Å². The van der Waals surface area contributed by atoms with Crippen LogP contribution in [0.15, 0.2) is 47.5 Å². The molecule has 0 radical (unpaired) electrons. The van der Waals surface area contributed by atoms with Gasteiger partial charge in [0.1, 0.15) is 10.7 Å². The molecule has 6 nitrogen and oxygen atoms in total. The third-order valence-corrected chi connectivity index (χ3v) is 5.40. The van der Waals surface area contributed by atoms with Gasteiger partial charge in [0.05, 0.1) is 16.9 Å². The Bertz CT molecular complexity index is 1150. The van der Waals surface area contributed by atoms with Crippen LogP contribution in [0, 0.1) is 13.8 Å². The molecule has 3 rings (SSSR count). The number of hydrogen-bond donors (Lipinski definition) is 1. The van der Waals surface area contributed by atoms with Crippen LogP contribution in [0.1, 0.15) is 22.5 Å². The van der Waals surface area contributed by atoms with Gasteiger partial charge < -0.3 is 5.32 Å². The average Bonchev–Trinajstić information content (AvgIpc) is 2.97. The first-order valence-corrected chi connectivity index (χ1v) is 10.5. The Labute approximate surface area is 166 Å². The number of sulfone groups is 1. The molecule has 0 aliphatic carbocycles. The Hall–Kier alpha value is -2.88. The quantitative estimate of drug-likeness (QED) is 0.672. The number of pyridine rings is 1. The maximum atomic E-state index is 13.7. The zero-order valence-corrected chi connectivity index (χ0v) is 16.8. The zero-order chi connectivity index (χ0) is 21.4. The third kappa shape index (κ3) is 4.58. The van der Waals surface area contributed by atoms with Crippen LogP contribution >= 0.6 is 0 Å². The van der Waals surface area contributed by atoms with Crippen molar-refractivity contribution >= 4 is 15.7 Å². The highest BCUT2D eigenvalue weighted by Gasteiger charge is 2.34. The lowest BCUT2D eigenvalue weighted by molar-refractivity contribution is -0.138. The number of nitrogens with zero attached hydrogens (tertiary/aromatic N) is 3. The van der Waals surface area contributed by atoms with Crippen LogP contribution in [0.5, 0.6) is 0 Å². The van der Waals surface area contributed by atoms with Crippen molar-refractivity contribution in [3.63, 3.8) is 0 Å². The van der Waals surface area contributed by atoms with Gasteiger partial charge in [-0.15, -0.1) is 0 Å². The maximum Gasteiger partial charge on any atom is 0.416 e. The average molecular weight is 424 g/mol. The Morgan fingerprint density at radius 1 is 1.14 bits per heavy atom. The highest BCUT2D eigenvalue weighted by atomic mass is 32.2. The first-order chi connectivity index (χ1) is 13.5. The minimum Gasteiger partial charge on any atom is -0.365 e. The number of benzene rings is 1. The summed E-state index contributed by atoms with van der Waals surface area (Å²) in [6.07, 6.45) is -2.21. The van der Waals surface area contributed by atoms with Crippen molar-refractivity contribution in [3.8, 4) is 5.69 Å². The third-order valence-electron chi connectivity index (χ3n) is 4.27. The summed E-state index contributed by atoms with van der Waals surface area (Å²) in [6.45, 7) is 3.28. The Kier molecular flexibility index (Phi) is 5.40. The van der Waals surface area contributed by atoms with E-state index in [1.54, 1.807) is 26.0 Å². The molecule has 2 heterocycles. The minimum atomic E-state index is -4.59. The minimum absolute atomic E-state index is 0.00532. The van der Waals surface area contributed by atoms with E-state index in [0.29, 0.717) is 17.1 Å². The molecular weight excluding hydrogens is 405 g/mol. The standard InChI is InChI=1S/C19H19F3N4O2S/c1-12-9-13(2)26(25-12)15-7-6-14(16(10-15)19(20,21)22)11-24-18-17(29(3,27)28)5-4-8-23-18/h4-10H,11H2,1-3H3,(H,23,24). The van der Waals surface area contributed by atoms with Crippen molar-refractivity contribution in [2.24, 2.45) is 0 Å². The van der Waals surface area contributed by atoms with Crippen LogP contribution in [-0.2, 0) is 22.6 Å². The summed E-state index contributed by atoms with van der Waals surface area (Å²) in [7, 11) is -3.58. The van der Waals surface area contributed by atoms with Gasteiger partial charge in [-0.3, -0.25) is 0 Å². The van der Waals surface area contributed by atoms with Gasteiger partial charge in [-0.1, -0.05) is 6.07 Å². The summed E-state index contributed by atoms with van der Waals surface area (Å²) >= 11 is 0. The van der Waals surface area contributed by atoms with E-state index in [-0.39, 0.29) is 22.8 Å². The van der Waals surface area contributed by atoms with Gasteiger partial charge in [0.25, 0.3) is 0 Å². The number of aryl methyl sites for hydroxylation is 2. The second-order valence-corrected chi connectivity index (χ2v) is 8.64. The lowest BCUT2D eigenvalue weighted by atomic mass is 10.1. The van der Waals surface area contributed by atoms with Crippen molar-refractivity contribution < 1.29 is 21.6 Å². The lowest BCUT2D eigenvalue weighted by Crippen LogP contribution is -2.15. The number of alkyl halides is 3. The summed E-state index contributed by atoms with van der Waals surface area (Å²) in [5.41, 5.74) is 0.846. The van der Waals surface area contributed by atoms with Crippen LogP contribution < -0.4 is 5.32 Å². The first-order valence-electron chi connectivity index (χ1n) is 8.59. The summed E-state index contributed by atoms with van der Waals surface area (Å²) < 4.78 is 66.2. The maximum absolute atomic E-state index is 13.7. The molecular formula is C19H19F3N4O2S. The molecule has 10 heteroatoms. The molecule has 0 fully saturated rings. The second kappa shape index (κ2) is 7.51. The molecule has 2 aromatic heterocycles. The number of halogens is 3. The van der Waals surface area contributed by atoms with Gasteiger partial charge in [-0.2, -0.15) is 18.3 Å². The fourth-order valence-electron chi connectivity index (χ4n) is 3.01. The van der Waals surface area contributed by atoms with Gasteiger partial charge in [-0.05, 0) is 49.7 Å². The molecule has 0 bridgehead atoms. The van der Waals surface area contributed by atoms with Gasteiger partial charge in [0.15, 0.2) is 9.84 Å². The van der Waals surface area contributed by atoms with Crippen LogP contribution in [0.4, 0.5) is 19.0 Å². The first kappa shape index (κ1) is 20.8. The Balaban J connectivity index is 1.98. The van der Waals surface area contributed by atoms with Crippen molar-refractivity contribution in [2.75, 3.05) is 11.6 Å². The van der Waals surface area contributed by atoms with Crippen LogP contribution in [0.3, 0.4) is 0 Å².